The summed E-state index contributed by atoms with van der Waals surface area (Å²) in [6, 6.07) is 20.9. The van der Waals surface area contributed by atoms with Crippen molar-refractivity contribution >= 4 is 0 Å². The van der Waals surface area contributed by atoms with Crippen LogP contribution in [0.25, 0.3) is 0 Å². The first-order valence-corrected chi connectivity index (χ1v) is 7.06. The van der Waals surface area contributed by atoms with Gasteiger partial charge in [0.15, 0.2) is 0 Å². The number of hydrogen-bond acceptors (Lipinski definition) is 3. The van der Waals surface area contributed by atoms with Crippen LogP contribution in [0.5, 0.6) is 0 Å². The van der Waals surface area contributed by atoms with Crippen LogP contribution < -0.4 is 61.7 Å². The van der Waals surface area contributed by atoms with Crippen LogP contribution in [0, 0.1) is 12.1 Å². The van der Waals surface area contributed by atoms with Gasteiger partial charge in [-0.25, -0.2) is 0 Å². The minimum Gasteiger partial charge on any atom is -0.834 e. The maximum Gasteiger partial charge on any atom is 1.00 e. The van der Waals surface area contributed by atoms with E-state index in [1.807, 2.05) is 62.4 Å². The summed E-state index contributed by atoms with van der Waals surface area (Å²) in [6.07, 6.45) is 0. The molecule has 0 fully saturated rings. The molecule has 3 nitrogen and oxygen atoms in total. The van der Waals surface area contributed by atoms with E-state index in [0.29, 0.717) is 17.7 Å². The first kappa shape index (κ1) is 26.3. The average molecular weight is 302 g/mol. The molecule has 0 unspecified atom stereocenters. The molecule has 0 aromatic heterocycles. The standard InChI is InChI=1S/C18H21N2O.3Li/c1-19(2)14-15-20(3)18(21,16-10-6-4-7-11-16)17-12-8-5-9-13-17;;;/h4-10,12H,14-15H2,1-3H3;;;/q-3;3*+1. The summed E-state index contributed by atoms with van der Waals surface area (Å²) in [5, 5.41) is 13.7. The zero-order valence-corrected chi connectivity index (χ0v) is 15.8. The van der Waals surface area contributed by atoms with Gasteiger partial charge in [-0.2, -0.15) is 71.8 Å². The van der Waals surface area contributed by atoms with Crippen LogP contribution >= 0.6 is 0 Å². The Morgan fingerprint density at radius 2 is 1.29 bits per heavy atom. The van der Waals surface area contributed by atoms with Crippen LogP contribution in [0.1, 0.15) is 11.1 Å². The van der Waals surface area contributed by atoms with Gasteiger partial charge in [0, 0.05) is 13.1 Å². The van der Waals surface area contributed by atoms with Crippen LogP contribution in [0.15, 0.2) is 48.5 Å². The van der Waals surface area contributed by atoms with Crippen molar-refractivity contribution < 1.29 is 61.7 Å². The van der Waals surface area contributed by atoms with Crippen molar-refractivity contribution in [3.05, 3.63) is 71.8 Å². The first-order chi connectivity index (χ1) is 10.0. The fourth-order valence-corrected chi connectivity index (χ4v) is 2.27. The molecule has 0 radical (unpaired) electrons. The molecule has 0 bridgehead atoms. The summed E-state index contributed by atoms with van der Waals surface area (Å²) in [4.78, 5) is 3.89. The maximum atomic E-state index is 13.7. The van der Waals surface area contributed by atoms with Gasteiger partial charge in [0.05, 0.1) is 0 Å². The van der Waals surface area contributed by atoms with E-state index < -0.39 is 5.72 Å². The number of hydrogen-bond donors (Lipinski definition) is 0. The van der Waals surface area contributed by atoms with Gasteiger partial charge in [-0.1, -0.05) is 5.72 Å². The molecule has 0 amide bonds. The van der Waals surface area contributed by atoms with Gasteiger partial charge in [-0.05, 0) is 21.1 Å². The molecule has 0 heterocycles. The zero-order chi connectivity index (χ0) is 15.3. The number of rotatable bonds is 6. The van der Waals surface area contributed by atoms with Crippen molar-refractivity contribution in [3.8, 4) is 0 Å². The molecule has 0 N–H and O–H groups in total. The van der Waals surface area contributed by atoms with Crippen LogP contribution in [0.3, 0.4) is 0 Å². The first-order valence-electron chi connectivity index (χ1n) is 7.06. The smallest absolute Gasteiger partial charge is 0.834 e. The van der Waals surface area contributed by atoms with Gasteiger partial charge in [-0.15, -0.1) is 0 Å². The molecule has 2 aromatic rings. The van der Waals surface area contributed by atoms with Crippen molar-refractivity contribution in [1.82, 2.24) is 9.80 Å². The Bertz CT molecular complexity index is 513. The van der Waals surface area contributed by atoms with Crippen LogP contribution in [0.2, 0.25) is 0 Å². The van der Waals surface area contributed by atoms with E-state index in [0.717, 1.165) is 6.54 Å². The van der Waals surface area contributed by atoms with Crippen molar-refractivity contribution in [1.29, 1.82) is 0 Å². The minimum absolute atomic E-state index is 0. The molecule has 0 aliphatic rings. The summed E-state index contributed by atoms with van der Waals surface area (Å²) in [5.41, 5.74) is -0.235. The molecule has 0 saturated heterocycles. The van der Waals surface area contributed by atoms with Gasteiger partial charge in [0.25, 0.3) is 0 Å². The van der Waals surface area contributed by atoms with Crippen molar-refractivity contribution in [2.24, 2.45) is 0 Å². The van der Waals surface area contributed by atoms with E-state index in [4.69, 9.17) is 0 Å². The topological polar surface area (TPSA) is 29.5 Å². The quantitative estimate of drug-likeness (QED) is 0.302. The van der Waals surface area contributed by atoms with Gasteiger partial charge < -0.3 is 14.9 Å². The van der Waals surface area contributed by atoms with Gasteiger partial charge in [0.2, 0.25) is 0 Å². The Morgan fingerprint density at radius 3 is 1.62 bits per heavy atom. The largest absolute Gasteiger partial charge is 1.00 e. The summed E-state index contributed by atoms with van der Waals surface area (Å²) >= 11 is 0. The van der Waals surface area contributed by atoms with Crippen molar-refractivity contribution in [3.63, 3.8) is 0 Å². The van der Waals surface area contributed by atoms with E-state index in [-0.39, 0.29) is 56.6 Å². The SMILES string of the molecule is CN(C)CCN(C)C([O-])(c1[c-]cccc1)c1[c-]cccc1.[Li+].[Li+].[Li+]. The fraction of sp³-hybridized carbons (Fsp3) is 0.333. The zero-order valence-electron chi connectivity index (χ0n) is 15.8. The number of nitrogens with zero attached hydrogens (tertiary/aromatic N) is 2. The molecule has 6 heteroatoms. The Balaban J connectivity index is 0. The third-order valence-electron chi connectivity index (χ3n) is 3.57. The summed E-state index contributed by atoms with van der Waals surface area (Å²) in [6.45, 7) is 1.49. The molecule has 24 heavy (non-hydrogen) atoms. The molecule has 0 saturated carbocycles. The van der Waals surface area contributed by atoms with Crippen LogP contribution in [-0.4, -0.2) is 44.0 Å². The van der Waals surface area contributed by atoms with Gasteiger partial charge in [0.1, 0.15) is 0 Å². The summed E-state index contributed by atoms with van der Waals surface area (Å²) in [5.74, 6) is 0. The van der Waals surface area contributed by atoms with E-state index in [1.54, 1.807) is 12.1 Å². The Kier molecular flexibility index (Phi) is 13.7. The molecule has 2 rings (SSSR count). The number of benzene rings is 2. The van der Waals surface area contributed by atoms with Crippen LogP contribution in [0.4, 0.5) is 0 Å². The molecule has 0 aliphatic carbocycles. The monoisotopic (exact) mass is 302 g/mol. The molecular formula is C18H21Li3N2O. The molecule has 0 aliphatic heterocycles. The molecular weight excluding hydrogens is 281 g/mol. The van der Waals surface area contributed by atoms with Gasteiger partial charge >= 0.3 is 56.6 Å². The minimum atomic E-state index is -1.47. The summed E-state index contributed by atoms with van der Waals surface area (Å²) in [7, 11) is 5.87. The second kappa shape index (κ2) is 12.5. The van der Waals surface area contributed by atoms with E-state index in [9.17, 15) is 5.11 Å². The second-order valence-electron chi connectivity index (χ2n) is 5.42. The predicted octanol–water partition coefficient (Wildman–Crippen LogP) is -7.65. The third-order valence-corrected chi connectivity index (χ3v) is 3.57. The normalized spacial score (nSPS) is 10.6. The van der Waals surface area contributed by atoms with Gasteiger partial charge in [-0.3, -0.25) is 0 Å². The Morgan fingerprint density at radius 1 is 0.833 bits per heavy atom. The number of likely N-dealkylation sites (N-methyl/N-ethyl adjacent to an activating group) is 2. The Labute approximate surface area is 182 Å². The maximum absolute atomic E-state index is 13.7. The predicted molar refractivity (Wildman–Crippen MR) is 82.5 cm³/mol. The molecule has 112 valence electrons. The average Bonchev–Trinajstić information content (AvgIpc) is 2.53. The van der Waals surface area contributed by atoms with Crippen molar-refractivity contribution in [2.45, 2.75) is 5.72 Å². The Hall–Kier alpha value is 0.112. The third kappa shape index (κ3) is 6.44. The van der Waals surface area contributed by atoms with E-state index in [1.165, 1.54) is 0 Å². The van der Waals surface area contributed by atoms with E-state index in [2.05, 4.69) is 17.0 Å². The second-order valence-corrected chi connectivity index (χ2v) is 5.42. The molecule has 0 spiro atoms. The summed E-state index contributed by atoms with van der Waals surface area (Å²) < 4.78 is 0. The van der Waals surface area contributed by atoms with Crippen molar-refractivity contribution in [2.75, 3.05) is 34.2 Å². The van der Waals surface area contributed by atoms with E-state index >= 15 is 0 Å². The van der Waals surface area contributed by atoms with Crippen LogP contribution in [-0.2, 0) is 5.72 Å². The molecule has 0 atom stereocenters. The fourth-order valence-electron chi connectivity index (χ4n) is 2.27. The molecule has 2 aromatic carbocycles.